The molecule has 1 heterocycles. The minimum absolute atomic E-state index is 0.0849. The molecule has 0 saturated carbocycles. The summed E-state index contributed by atoms with van der Waals surface area (Å²) >= 11 is 0. The maximum absolute atomic E-state index is 13.4. The van der Waals surface area contributed by atoms with Crippen LogP contribution in [0.25, 0.3) is 0 Å². The van der Waals surface area contributed by atoms with E-state index >= 15 is 0 Å². The summed E-state index contributed by atoms with van der Waals surface area (Å²) in [6, 6.07) is 9.91. The lowest BCUT2D eigenvalue weighted by Gasteiger charge is -2.18. The average molecular weight is 284 g/mol. The number of aromatic nitrogens is 1. The van der Waals surface area contributed by atoms with Crippen molar-refractivity contribution in [2.75, 3.05) is 12.4 Å². The Hall–Kier alpha value is -2.94. The topological polar surface area (TPSA) is 69.0 Å². The van der Waals surface area contributed by atoms with E-state index in [0.717, 1.165) is 11.8 Å². The molecule has 106 valence electrons. The molecule has 6 heteroatoms. The fraction of sp³-hybridized carbons (Fsp3) is 0.133. The standard InChI is InChI=1S/C15H13FN4O/c1-20(10-12-4-2-11(8-17)3-5-12)15(21)19-14-6-7-18-9-13(14)16/h2-7,9H,10H2,1H3,(H,18,19,21). The number of benzene rings is 1. The number of nitriles is 1. The smallest absolute Gasteiger partial charge is 0.321 e. The normalized spacial score (nSPS) is 9.76. The predicted octanol–water partition coefficient (Wildman–Crippen LogP) is 2.76. The second-order valence-electron chi connectivity index (χ2n) is 4.45. The van der Waals surface area contributed by atoms with Gasteiger partial charge >= 0.3 is 6.03 Å². The quantitative estimate of drug-likeness (QED) is 0.942. The van der Waals surface area contributed by atoms with Crippen LogP contribution >= 0.6 is 0 Å². The van der Waals surface area contributed by atoms with Crippen molar-refractivity contribution >= 4 is 11.7 Å². The molecule has 1 aromatic heterocycles. The maximum Gasteiger partial charge on any atom is 0.321 e. The Morgan fingerprint density at radius 1 is 1.38 bits per heavy atom. The molecule has 2 rings (SSSR count). The Morgan fingerprint density at radius 3 is 2.71 bits per heavy atom. The number of halogens is 1. The molecule has 0 unspecified atom stereocenters. The van der Waals surface area contributed by atoms with Gasteiger partial charge in [0.05, 0.1) is 23.5 Å². The minimum Gasteiger partial charge on any atom is -0.323 e. The molecule has 0 aliphatic heterocycles. The Labute approximate surface area is 121 Å². The molecule has 21 heavy (non-hydrogen) atoms. The summed E-state index contributed by atoms with van der Waals surface area (Å²) in [7, 11) is 1.60. The number of carbonyl (C=O) groups is 1. The Morgan fingerprint density at radius 2 is 2.10 bits per heavy atom. The van der Waals surface area contributed by atoms with Gasteiger partial charge in [0.2, 0.25) is 0 Å². The first kappa shape index (κ1) is 14.5. The predicted molar refractivity (Wildman–Crippen MR) is 75.8 cm³/mol. The van der Waals surface area contributed by atoms with Crippen molar-refractivity contribution in [3.63, 3.8) is 0 Å². The van der Waals surface area contributed by atoms with Gasteiger partial charge in [0, 0.05) is 19.8 Å². The number of nitrogens with one attached hydrogen (secondary N) is 1. The first-order valence-electron chi connectivity index (χ1n) is 6.21. The lowest BCUT2D eigenvalue weighted by Crippen LogP contribution is -2.31. The Bertz CT molecular complexity index is 679. The van der Waals surface area contributed by atoms with Gasteiger partial charge in [-0.25, -0.2) is 9.18 Å². The monoisotopic (exact) mass is 284 g/mol. The molecule has 0 aliphatic carbocycles. The lowest BCUT2D eigenvalue weighted by molar-refractivity contribution is 0.220. The fourth-order valence-corrected chi connectivity index (χ4v) is 1.72. The fourth-order valence-electron chi connectivity index (χ4n) is 1.72. The third kappa shape index (κ3) is 3.76. The molecule has 0 atom stereocenters. The first-order chi connectivity index (χ1) is 10.1. The molecule has 2 amide bonds. The molecule has 2 aromatic rings. The molecule has 0 spiro atoms. The number of hydrogen-bond acceptors (Lipinski definition) is 3. The van der Waals surface area contributed by atoms with Gasteiger partial charge in [0.15, 0.2) is 5.82 Å². The van der Waals surface area contributed by atoms with Gasteiger partial charge in [-0.1, -0.05) is 12.1 Å². The zero-order valence-electron chi connectivity index (χ0n) is 11.4. The maximum atomic E-state index is 13.4. The Balaban J connectivity index is 1.99. The summed E-state index contributed by atoms with van der Waals surface area (Å²) in [6.45, 7) is 0.351. The van der Waals surface area contributed by atoms with Crippen molar-refractivity contribution in [2.45, 2.75) is 6.54 Å². The van der Waals surface area contributed by atoms with Crippen LogP contribution in [0.1, 0.15) is 11.1 Å². The summed E-state index contributed by atoms with van der Waals surface area (Å²) < 4.78 is 13.4. The number of pyridine rings is 1. The van der Waals surface area contributed by atoms with E-state index in [0.29, 0.717) is 12.1 Å². The van der Waals surface area contributed by atoms with Gasteiger partial charge < -0.3 is 10.2 Å². The van der Waals surface area contributed by atoms with Crippen LogP contribution in [-0.4, -0.2) is 23.0 Å². The molecule has 0 fully saturated rings. The van der Waals surface area contributed by atoms with E-state index in [1.54, 1.807) is 31.3 Å². The van der Waals surface area contributed by atoms with E-state index < -0.39 is 11.8 Å². The highest BCUT2D eigenvalue weighted by Gasteiger charge is 2.11. The van der Waals surface area contributed by atoms with Gasteiger partial charge in [-0.2, -0.15) is 5.26 Å². The van der Waals surface area contributed by atoms with E-state index in [1.165, 1.54) is 17.2 Å². The van der Waals surface area contributed by atoms with E-state index in [2.05, 4.69) is 10.3 Å². The van der Waals surface area contributed by atoms with Crippen LogP contribution < -0.4 is 5.32 Å². The minimum atomic E-state index is -0.586. The SMILES string of the molecule is CN(Cc1ccc(C#N)cc1)C(=O)Nc1ccncc1F. The number of amides is 2. The van der Waals surface area contributed by atoms with E-state index in [-0.39, 0.29) is 5.69 Å². The van der Waals surface area contributed by atoms with Crippen molar-refractivity contribution in [1.82, 2.24) is 9.88 Å². The van der Waals surface area contributed by atoms with E-state index in [1.807, 2.05) is 6.07 Å². The molecule has 0 saturated heterocycles. The van der Waals surface area contributed by atoms with E-state index in [4.69, 9.17) is 5.26 Å². The van der Waals surface area contributed by atoms with Crippen LogP contribution in [0.2, 0.25) is 0 Å². The number of rotatable bonds is 3. The summed E-state index contributed by atoms with van der Waals surface area (Å²) in [4.78, 5) is 17.0. The number of anilines is 1. The van der Waals surface area contributed by atoms with Crippen molar-refractivity contribution in [3.05, 3.63) is 59.7 Å². The van der Waals surface area contributed by atoms with Crippen LogP contribution in [0.15, 0.2) is 42.7 Å². The largest absolute Gasteiger partial charge is 0.323 e. The molecule has 1 N–H and O–H groups in total. The highest BCUT2D eigenvalue weighted by atomic mass is 19.1. The molecule has 0 bridgehead atoms. The zero-order valence-corrected chi connectivity index (χ0v) is 11.4. The summed E-state index contributed by atoms with van der Waals surface area (Å²) in [5.41, 5.74) is 1.52. The number of hydrogen-bond donors (Lipinski definition) is 1. The summed E-state index contributed by atoms with van der Waals surface area (Å²) in [6.07, 6.45) is 2.44. The van der Waals surface area contributed by atoms with Gasteiger partial charge in [-0.05, 0) is 23.8 Å². The number of carbonyl (C=O) groups excluding carboxylic acids is 1. The van der Waals surface area contributed by atoms with Crippen molar-refractivity contribution in [1.29, 1.82) is 5.26 Å². The van der Waals surface area contributed by atoms with Crippen LogP contribution in [-0.2, 0) is 6.54 Å². The Kier molecular flexibility index (Phi) is 4.46. The molecular weight excluding hydrogens is 271 g/mol. The summed E-state index contributed by atoms with van der Waals surface area (Å²) in [5, 5.41) is 11.2. The van der Waals surface area contributed by atoms with Crippen LogP contribution in [0.5, 0.6) is 0 Å². The highest BCUT2D eigenvalue weighted by Crippen LogP contribution is 2.12. The molecule has 1 aromatic carbocycles. The van der Waals surface area contributed by atoms with Crippen LogP contribution in [0.3, 0.4) is 0 Å². The zero-order chi connectivity index (χ0) is 15.2. The third-order valence-electron chi connectivity index (χ3n) is 2.86. The van der Waals surface area contributed by atoms with Crippen LogP contribution in [0.4, 0.5) is 14.9 Å². The van der Waals surface area contributed by atoms with Gasteiger partial charge in [-0.15, -0.1) is 0 Å². The molecule has 5 nitrogen and oxygen atoms in total. The second-order valence-corrected chi connectivity index (χ2v) is 4.45. The lowest BCUT2D eigenvalue weighted by atomic mass is 10.1. The van der Waals surface area contributed by atoms with Crippen molar-refractivity contribution in [3.8, 4) is 6.07 Å². The van der Waals surface area contributed by atoms with Crippen LogP contribution in [0, 0.1) is 17.1 Å². The average Bonchev–Trinajstić information content (AvgIpc) is 2.50. The third-order valence-corrected chi connectivity index (χ3v) is 2.86. The van der Waals surface area contributed by atoms with E-state index in [9.17, 15) is 9.18 Å². The molecule has 0 radical (unpaired) electrons. The van der Waals surface area contributed by atoms with Gasteiger partial charge in [0.25, 0.3) is 0 Å². The number of nitrogens with zero attached hydrogens (tertiary/aromatic N) is 3. The van der Waals surface area contributed by atoms with Crippen molar-refractivity contribution < 1.29 is 9.18 Å². The first-order valence-corrected chi connectivity index (χ1v) is 6.21. The number of urea groups is 1. The molecule has 0 aliphatic rings. The van der Waals surface area contributed by atoms with Gasteiger partial charge in [-0.3, -0.25) is 4.98 Å². The van der Waals surface area contributed by atoms with Gasteiger partial charge in [0.1, 0.15) is 0 Å². The highest BCUT2D eigenvalue weighted by molar-refractivity contribution is 5.89. The second kappa shape index (κ2) is 6.48. The summed E-state index contributed by atoms with van der Waals surface area (Å²) in [5.74, 6) is -0.586. The van der Waals surface area contributed by atoms with Crippen molar-refractivity contribution in [2.24, 2.45) is 0 Å². The molecular formula is C15H13FN4O.